The number of nitrogens with zero attached hydrogens (tertiary/aromatic N) is 1. The number of carbonyl (C=O) groups is 2. The van der Waals surface area contributed by atoms with Gasteiger partial charge in [0, 0.05) is 10.9 Å². The van der Waals surface area contributed by atoms with Crippen LogP contribution >= 0.6 is 22.9 Å². The normalized spacial score (nSPS) is 10.4. The molecule has 0 unspecified atom stereocenters. The van der Waals surface area contributed by atoms with Crippen molar-refractivity contribution in [1.82, 2.24) is 10.3 Å². The Balaban J connectivity index is 1.56. The van der Waals surface area contributed by atoms with Crippen LogP contribution in [0.3, 0.4) is 0 Å². The summed E-state index contributed by atoms with van der Waals surface area (Å²) in [5, 5.41) is 7.97. The molecule has 3 rings (SSSR count). The molecule has 1 heterocycles. The van der Waals surface area contributed by atoms with Gasteiger partial charge in [0.2, 0.25) is 5.91 Å². The largest absolute Gasteiger partial charge is 0.343 e. The Morgan fingerprint density at radius 3 is 2.56 bits per heavy atom. The molecule has 0 aliphatic carbocycles. The van der Waals surface area contributed by atoms with Gasteiger partial charge in [-0.15, -0.1) is 11.3 Å². The topological polar surface area (TPSA) is 71.1 Å². The van der Waals surface area contributed by atoms with Gasteiger partial charge in [0.1, 0.15) is 0 Å². The lowest BCUT2D eigenvalue weighted by atomic mass is 10.1. The quantitative estimate of drug-likeness (QED) is 0.645. The van der Waals surface area contributed by atoms with Crippen LogP contribution in [0.15, 0.2) is 53.9 Å². The van der Waals surface area contributed by atoms with Crippen molar-refractivity contribution in [3.05, 3.63) is 70.1 Å². The molecule has 0 bridgehead atoms. The van der Waals surface area contributed by atoms with E-state index >= 15 is 0 Å². The van der Waals surface area contributed by atoms with Gasteiger partial charge in [0.25, 0.3) is 5.91 Å². The summed E-state index contributed by atoms with van der Waals surface area (Å²) >= 11 is 7.31. The number of thiazole rings is 1. The molecule has 5 nitrogen and oxygen atoms in total. The molecule has 0 aliphatic heterocycles. The Bertz CT molecular complexity index is 954. The Hall–Kier alpha value is -2.70. The number of hydrogen-bond donors (Lipinski definition) is 2. The zero-order chi connectivity index (χ0) is 19.2. The fraction of sp³-hybridized carbons (Fsp3) is 0.150. The minimum atomic E-state index is -0.397. The lowest BCUT2D eigenvalue weighted by Crippen LogP contribution is -2.32. The molecule has 138 valence electrons. The fourth-order valence-electron chi connectivity index (χ4n) is 2.44. The van der Waals surface area contributed by atoms with Gasteiger partial charge < -0.3 is 10.6 Å². The molecule has 0 radical (unpaired) electrons. The summed E-state index contributed by atoms with van der Waals surface area (Å²) in [5.41, 5.74) is 3.39. The van der Waals surface area contributed by atoms with Crippen molar-refractivity contribution in [3.63, 3.8) is 0 Å². The third-order valence-electron chi connectivity index (χ3n) is 3.94. The van der Waals surface area contributed by atoms with Crippen LogP contribution in [0.25, 0.3) is 11.3 Å². The van der Waals surface area contributed by atoms with Gasteiger partial charge in [-0.1, -0.05) is 54.9 Å². The molecule has 0 fully saturated rings. The summed E-state index contributed by atoms with van der Waals surface area (Å²) in [6, 6.07) is 14.8. The Kier molecular flexibility index (Phi) is 6.21. The number of aryl methyl sites for hydroxylation is 1. The van der Waals surface area contributed by atoms with Gasteiger partial charge in [-0.2, -0.15) is 0 Å². The van der Waals surface area contributed by atoms with Crippen molar-refractivity contribution in [2.24, 2.45) is 0 Å². The molecular weight excluding hydrogens is 382 g/mol. The molecule has 0 aliphatic rings. The number of hydrogen-bond acceptors (Lipinski definition) is 4. The van der Waals surface area contributed by atoms with Gasteiger partial charge >= 0.3 is 0 Å². The first-order chi connectivity index (χ1) is 13.1. The maximum atomic E-state index is 12.1. The minimum Gasteiger partial charge on any atom is -0.343 e. The smallest absolute Gasteiger partial charge is 0.253 e. The molecule has 1 aromatic heterocycles. The Labute approximate surface area is 166 Å². The second kappa shape index (κ2) is 8.79. The predicted octanol–water partition coefficient (Wildman–Crippen LogP) is 4.39. The van der Waals surface area contributed by atoms with Crippen LogP contribution in [0, 0.1) is 0 Å². The monoisotopic (exact) mass is 399 g/mol. The van der Waals surface area contributed by atoms with E-state index in [1.54, 1.807) is 24.3 Å². The van der Waals surface area contributed by atoms with Crippen LogP contribution in [0.5, 0.6) is 0 Å². The number of benzene rings is 2. The van der Waals surface area contributed by atoms with Crippen LogP contribution < -0.4 is 10.6 Å². The van der Waals surface area contributed by atoms with E-state index in [0.29, 0.717) is 15.7 Å². The van der Waals surface area contributed by atoms with Gasteiger partial charge in [0.15, 0.2) is 5.13 Å². The van der Waals surface area contributed by atoms with Crippen LogP contribution in [0.2, 0.25) is 5.02 Å². The predicted molar refractivity (Wildman–Crippen MR) is 109 cm³/mol. The number of aromatic nitrogens is 1. The van der Waals surface area contributed by atoms with E-state index in [0.717, 1.165) is 17.7 Å². The Morgan fingerprint density at radius 1 is 1.11 bits per heavy atom. The average Bonchev–Trinajstić information content (AvgIpc) is 3.15. The van der Waals surface area contributed by atoms with Crippen molar-refractivity contribution in [2.45, 2.75) is 13.3 Å². The highest BCUT2D eigenvalue weighted by Crippen LogP contribution is 2.25. The van der Waals surface area contributed by atoms with E-state index in [-0.39, 0.29) is 12.5 Å². The first-order valence-electron chi connectivity index (χ1n) is 8.44. The molecule has 0 spiro atoms. The van der Waals surface area contributed by atoms with E-state index < -0.39 is 5.91 Å². The van der Waals surface area contributed by atoms with E-state index in [1.807, 2.05) is 17.5 Å². The van der Waals surface area contributed by atoms with Crippen LogP contribution in [-0.4, -0.2) is 23.3 Å². The summed E-state index contributed by atoms with van der Waals surface area (Å²) in [6.07, 6.45) is 0.985. The molecule has 7 heteroatoms. The zero-order valence-corrected chi connectivity index (χ0v) is 16.2. The van der Waals surface area contributed by atoms with Crippen molar-refractivity contribution in [2.75, 3.05) is 11.9 Å². The SMILES string of the molecule is CCc1ccc(-c2csc(NC(=O)CNC(=O)c3ccccc3Cl)n2)cc1. The maximum Gasteiger partial charge on any atom is 0.253 e. The van der Waals surface area contributed by atoms with E-state index in [9.17, 15) is 9.59 Å². The maximum absolute atomic E-state index is 12.1. The van der Waals surface area contributed by atoms with Gasteiger partial charge in [-0.3, -0.25) is 9.59 Å². The third kappa shape index (κ3) is 4.93. The number of anilines is 1. The van der Waals surface area contributed by atoms with Gasteiger partial charge in [0.05, 0.1) is 22.8 Å². The van der Waals surface area contributed by atoms with Crippen molar-refractivity contribution < 1.29 is 9.59 Å². The molecule has 27 heavy (non-hydrogen) atoms. The summed E-state index contributed by atoms with van der Waals surface area (Å²) in [7, 11) is 0. The van der Waals surface area contributed by atoms with Crippen LogP contribution in [-0.2, 0) is 11.2 Å². The summed E-state index contributed by atoms with van der Waals surface area (Å²) in [6.45, 7) is 1.94. The summed E-state index contributed by atoms with van der Waals surface area (Å²) in [4.78, 5) is 28.6. The molecule has 0 saturated carbocycles. The third-order valence-corrected chi connectivity index (χ3v) is 5.02. The Morgan fingerprint density at radius 2 is 1.85 bits per heavy atom. The van der Waals surface area contributed by atoms with Crippen LogP contribution in [0.4, 0.5) is 5.13 Å². The highest BCUT2D eigenvalue weighted by atomic mass is 35.5. The second-order valence-corrected chi connectivity index (χ2v) is 7.06. The first kappa shape index (κ1) is 19.1. The molecule has 2 aromatic carbocycles. The standard InChI is InChI=1S/C20H18ClN3O2S/c1-2-13-7-9-14(10-8-13)17-12-27-20(23-17)24-18(25)11-22-19(26)15-5-3-4-6-16(15)21/h3-10,12H,2,11H2,1H3,(H,22,26)(H,23,24,25). The molecule has 0 saturated heterocycles. The molecule has 2 N–H and O–H groups in total. The average molecular weight is 400 g/mol. The number of amides is 2. The van der Waals surface area contributed by atoms with E-state index in [2.05, 4.69) is 34.7 Å². The number of carbonyl (C=O) groups excluding carboxylic acids is 2. The van der Waals surface area contributed by atoms with Crippen LogP contribution in [0.1, 0.15) is 22.8 Å². The lowest BCUT2D eigenvalue weighted by molar-refractivity contribution is -0.115. The fourth-order valence-corrected chi connectivity index (χ4v) is 3.40. The lowest BCUT2D eigenvalue weighted by Gasteiger charge is -2.06. The highest BCUT2D eigenvalue weighted by Gasteiger charge is 2.12. The zero-order valence-electron chi connectivity index (χ0n) is 14.7. The minimum absolute atomic E-state index is 0.163. The first-order valence-corrected chi connectivity index (χ1v) is 9.70. The van der Waals surface area contributed by atoms with Crippen molar-refractivity contribution >= 4 is 39.9 Å². The van der Waals surface area contributed by atoms with Gasteiger partial charge in [-0.25, -0.2) is 4.98 Å². The van der Waals surface area contributed by atoms with Crippen molar-refractivity contribution in [1.29, 1.82) is 0 Å². The van der Waals surface area contributed by atoms with E-state index in [4.69, 9.17) is 11.6 Å². The molecular formula is C20H18ClN3O2S. The molecule has 0 atom stereocenters. The number of nitrogens with one attached hydrogen (secondary N) is 2. The summed E-state index contributed by atoms with van der Waals surface area (Å²) < 4.78 is 0. The number of rotatable bonds is 6. The summed E-state index contributed by atoms with van der Waals surface area (Å²) in [5.74, 6) is -0.746. The second-order valence-electron chi connectivity index (χ2n) is 5.80. The van der Waals surface area contributed by atoms with E-state index in [1.165, 1.54) is 16.9 Å². The number of halogens is 1. The van der Waals surface area contributed by atoms with Gasteiger partial charge in [-0.05, 0) is 24.1 Å². The molecule has 2 amide bonds. The van der Waals surface area contributed by atoms with Crippen molar-refractivity contribution in [3.8, 4) is 11.3 Å². The highest BCUT2D eigenvalue weighted by molar-refractivity contribution is 7.14. The molecule has 3 aromatic rings.